The summed E-state index contributed by atoms with van der Waals surface area (Å²) in [4.78, 5) is 4.69. The van der Waals surface area contributed by atoms with Gasteiger partial charge in [-0.05, 0) is 29.8 Å². The fourth-order valence-corrected chi connectivity index (χ4v) is 2.31. The molecule has 1 heterocycles. The van der Waals surface area contributed by atoms with Crippen molar-refractivity contribution < 1.29 is 0 Å². The minimum absolute atomic E-state index is 0.504. The molecule has 3 aromatic rings. The highest BCUT2D eigenvalue weighted by molar-refractivity contribution is 6.30. The first-order valence-electron chi connectivity index (χ1n) is 6.12. The minimum atomic E-state index is 0.504. The first-order valence-corrected chi connectivity index (χ1v) is 6.50. The van der Waals surface area contributed by atoms with E-state index in [1.54, 1.807) is 0 Å². The van der Waals surface area contributed by atoms with Gasteiger partial charge < -0.3 is 5.73 Å². The van der Waals surface area contributed by atoms with E-state index in [0.717, 1.165) is 32.7 Å². The molecule has 0 unspecified atom stereocenters. The lowest BCUT2D eigenvalue weighted by Gasteiger charge is -2.08. The Morgan fingerprint density at radius 2 is 1.74 bits per heavy atom. The Bertz CT molecular complexity index is 720. The van der Waals surface area contributed by atoms with E-state index in [9.17, 15) is 0 Å². The van der Waals surface area contributed by atoms with E-state index in [4.69, 9.17) is 17.3 Å². The lowest BCUT2D eigenvalue weighted by atomic mass is 10.0. The molecule has 94 valence electrons. The fourth-order valence-electron chi connectivity index (χ4n) is 2.18. The van der Waals surface area contributed by atoms with Crippen molar-refractivity contribution in [2.75, 3.05) is 0 Å². The maximum absolute atomic E-state index is 5.91. The number of hydrogen-bond acceptors (Lipinski definition) is 2. The first-order chi connectivity index (χ1) is 9.28. The Morgan fingerprint density at radius 1 is 1.00 bits per heavy atom. The molecule has 3 rings (SSSR count). The largest absolute Gasteiger partial charge is 0.326 e. The smallest absolute Gasteiger partial charge is 0.0712 e. The van der Waals surface area contributed by atoms with Crippen LogP contribution in [0.4, 0.5) is 0 Å². The average molecular weight is 269 g/mol. The van der Waals surface area contributed by atoms with Crippen LogP contribution in [0.3, 0.4) is 0 Å². The van der Waals surface area contributed by atoms with Gasteiger partial charge in [0.2, 0.25) is 0 Å². The summed E-state index contributed by atoms with van der Waals surface area (Å²) in [6, 6.07) is 17.8. The van der Waals surface area contributed by atoms with E-state index >= 15 is 0 Å². The van der Waals surface area contributed by atoms with Crippen molar-refractivity contribution in [3.05, 3.63) is 65.2 Å². The van der Waals surface area contributed by atoms with Gasteiger partial charge in [0.1, 0.15) is 0 Å². The normalized spacial score (nSPS) is 10.8. The first kappa shape index (κ1) is 12.2. The molecule has 0 aliphatic carbocycles. The highest BCUT2D eigenvalue weighted by atomic mass is 35.5. The molecule has 19 heavy (non-hydrogen) atoms. The third-order valence-corrected chi connectivity index (χ3v) is 3.41. The predicted molar refractivity (Wildman–Crippen MR) is 80.1 cm³/mol. The monoisotopic (exact) mass is 268 g/mol. The lowest BCUT2D eigenvalue weighted by Crippen LogP contribution is -1.99. The van der Waals surface area contributed by atoms with Crippen LogP contribution in [0.25, 0.3) is 22.2 Å². The van der Waals surface area contributed by atoms with E-state index < -0.39 is 0 Å². The zero-order chi connectivity index (χ0) is 13.2. The number of halogens is 1. The summed E-state index contributed by atoms with van der Waals surface area (Å²) in [5, 5.41) is 1.84. The van der Waals surface area contributed by atoms with Gasteiger partial charge in [-0.1, -0.05) is 41.9 Å². The third kappa shape index (κ3) is 2.33. The van der Waals surface area contributed by atoms with Crippen LogP contribution in [0.2, 0.25) is 5.02 Å². The Balaban J connectivity index is 2.22. The van der Waals surface area contributed by atoms with Crippen LogP contribution in [0, 0.1) is 0 Å². The van der Waals surface area contributed by atoms with Crippen molar-refractivity contribution >= 4 is 22.5 Å². The molecule has 2 aromatic carbocycles. The summed E-state index contributed by atoms with van der Waals surface area (Å²) in [7, 11) is 0. The SMILES string of the molecule is NCc1cc(-c2ccc(Cl)cc2)nc2ccccc12. The van der Waals surface area contributed by atoms with Gasteiger partial charge in [-0.3, -0.25) is 0 Å². The maximum Gasteiger partial charge on any atom is 0.0712 e. The van der Waals surface area contributed by atoms with Crippen molar-refractivity contribution in [3.8, 4) is 11.3 Å². The molecule has 0 saturated carbocycles. The van der Waals surface area contributed by atoms with Crippen LogP contribution in [0.1, 0.15) is 5.56 Å². The second-order valence-electron chi connectivity index (χ2n) is 4.39. The molecule has 3 heteroatoms. The van der Waals surface area contributed by atoms with Crippen molar-refractivity contribution in [2.45, 2.75) is 6.54 Å². The zero-order valence-electron chi connectivity index (χ0n) is 10.3. The van der Waals surface area contributed by atoms with Gasteiger partial charge in [-0.15, -0.1) is 0 Å². The van der Waals surface area contributed by atoms with Gasteiger partial charge in [0.05, 0.1) is 11.2 Å². The van der Waals surface area contributed by atoms with E-state index in [0.29, 0.717) is 6.54 Å². The number of fused-ring (bicyclic) bond motifs is 1. The van der Waals surface area contributed by atoms with E-state index in [2.05, 4.69) is 11.1 Å². The molecule has 0 aliphatic heterocycles. The zero-order valence-corrected chi connectivity index (χ0v) is 11.1. The molecule has 0 amide bonds. The van der Waals surface area contributed by atoms with Gasteiger partial charge in [0.15, 0.2) is 0 Å². The number of pyridine rings is 1. The minimum Gasteiger partial charge on any atom is -0.326 e. The number of rotatable bonds is 2. The second-order valence-corrected chi connectivity index (χ2v) is 4.83. The van der Waals surface area contributed by atoms with Crippen LogP contribution in [0.15, 0.2) is 54.6 Å². The molecule has 0 saturated heterocycles. The number of para-hydroxylation sites is 1. The van der Waals surface area contributed by atoms with Crippen molar-refractivity contribution in [1.82, 2.24) is 4.98 Å². The molecule has 0 spiro atoms. The number of hydrogen-bond donors (Lipinski definition) is 1. The van der Waals surface area contributed by atoms with Crippen LogP contribution in [-0.2, 0) is 6.54 Å². The van der Waals surface area contributed by atoms with E-state index in [1.807, 2.05) is 48.5 Å². The van der Waals surface area contributed by atoms with Gasteiger partial charge in [-0.25, -0.2) is 4.98 Å². The molecule has 0 fully saturated rings. The molecule has 0 bridgehead atoms. The second kappa shape index (κ2) is 5.00. The Kier molecular flexibility index (Phi) is 3.20. The fraction of sp³-hybridized carbons (Fsp3) is 0.0625. The van der Waals surface area contributed by atoms with Gasteiger partial charge >= 0.3 is 0 Å². The Morgan fingerprint density at radius 3 is 2.47 bits per heavy atom. The maximum atomic E-state index is 5.91. The van der Waals surface area contributed by atoms with Crippen LogP contribution >= 0.6 is 11.6 Å². The standard InChI is InChI=1S/C16H13ClN2/c17-13-7-5-11(6-8-13)16-9-12(10-18)14-3-1-2-4-15(14)19-16/h1-9H,10,18H2. The summed E-state index contributed by atoms with van der Waals surface area (Å²) in [6.07, 6.45) is 0. The summed E-state index contributed by atoms with van der Waals surface area (Å²) < 4.78 is 0. The average Bonchev–Trinajstić information content (AvgIpc) is 2.47. The van der Waals surface area contributed by atoms with Crippen molar-refractivity contribution in [3.63, 3.8) is 0 Å². The Labute approximate surface area is 116 Å². The Hall–Kier alpha value is -1.90. The summed E-state index contributed by atoms with van der Waals surface area (Å²) in [5.74, 6) is 0. The van der Waals surface area contributed by atoms with Gasteiger partial charge in [-0.2, -0.15) is 0 Å². The van der Waals surface area contributed by atoms with E-state index in [1.165, 1.54) is 0 Å². The van der Waals surface area contributed by atoms with Crippen LogP contribution in [0.5, 0.6) is 0 Å². The van der Waals surface area contributed by atoms with Gasteiger partial charge in [0.25, 0.3) is 0 Å². The molecule has 0 aliphatic rings. The quantitative estimate of drug-likeness (QED) is 0.763. The molecular weight excluding hydrogens is 256 g/mol. The molecule has 2 N–H and O–H groups in total. The summed E-state index contributed by atoms with van der Waals surface area (Å²) in [6.45, 7) is 0.504. The molecule has 0 radical (unpaired) electrons. The van der Waals surface area contributed by atoms with Crippen molar-refractivity contribution in [2.24, 2.45) is 5.73 Å². The third-order valence-electron chi connectivity index (χ3n) is 3.16. The van der Waals surface area contributed by atoms with Crippen LogP contribution in [-0.4, -0.2) is 4.98 Å². The van der Waals surface area contributed by atoms with Crippen LogP contribution < -0.4 is 5.73 Å². The summed E-state index contributed by atoms with van der Waals surface area (Å²) >= 11 is 5.91. The highest BCUT2D eigenvalue weighted by Gasteiger charge is 2.06. The molecular formula is C16H13ClN2. The predicted octanol–water partition coefficient (Wildman–Crippen LogP) is 4.01. The molecule has 1 aromatic heterocycles. The van der Waals surface area contributed by atoms with Crippen molar-refractivity contribution in [1.29, 1.82) is 0 Å². The molecule has 2 nitrogen and oxygen atoms in total. The number of aromatic nitrogens is 1. The topological polar surface area (TPSA) is 38.9 Å². The highest BCUT2D eigenvalue weighted by Crippen LogP contribution is 2.25. The number of nitrogens with two attached hydrogens (primary N) is 1. The summed E-state index contributed by atoms with van der Waals surface area (Å²) in [5.41, 5.74) is 9.89. The lowest BCUT2D eigenvalue weighted by molar-refractivity contribution is 1.08. The van der Waals surface area contributed by atoms with E-state index in [-0.39, 0.29) is 0 Å². The number of nitrogens with zero attached hydrogens (tertiary/aromatic N) is 1. The van der Waals surface area contributed by atoms with Gasteiger partial charge in [0, 0.05) is 22.5 Å². The molecule has 0 atom stereocenters. The number of benzene rings is 2.